The van der Waals surface area contributed by atoms with Gasteiger partial charge in [-0.1, -0.05) is 0 Å². The maximum absolute atomic E-state index is 10.2. The third-order valence-corrected chi connectivity index (χ3v) is 1.09. The smallest absolute Gasteiger partial charge is 0.373 e. The highest BCUT2D eigenvalue weighted by Gasteiger charge is 2.09. The number of hydrogen-bond acceptors (Lipinski definition) is 4. The highest BCUT2D eigenvalue weighted by molar-refractivity contribution is 5.83. The van der Waals surface area contributed by atoms with E-state index in [1.54, 1.807) is 0 Å². The highest BCUT2D eigenvalue weighted by Crippen LogP contribution is 2.03. The molecule has 0 aliphatic heterocycles. The van der Waals surface area contributed by atoms with Crippen LogP contribution in [0.25, 0.3) is 0 Å². The molecule has 5 nitrogen and oxygen atoms in total. The van der Waals surface area contributed by atoms with Crippen molar-refractivity contribution in [3.8, 4) is 0 Å². The molecule has 0 spiro atoms. The van der Waals surface area contributed by atoms with E-state index in [4.69, 9.17) is 14.6 Å². The molecular weight excluding hydrogens is 150 g/mol. The number of oxazole rings is 1. The molecule has 2 N–H and O–H groups in total. The second-order valence-corrected chi connectivity index (χ2v) is 1.90. The fourth-order valence-corrected chi connectivity index (χ4v) is 0.620. The fraction of sp³-hybridized carbons (Fsp3) is 0.333. The summed E-state index contributed by atoms with van der Waals surface area (Å²) in [6.45, 7) is -0.0976. The lowest BCUT2D eigenvalue weighted by molar-refractivity contribution is 0.0659. The summed E-state index contributed by atoms with van der Waals surface area (Å²) in [6, 6.07) is 0. The number of carboxylic acid groups (broad SMARTS) is 1. The Labute approximate surface area is 62.3 Å². The van der Waals surface area contributed by atoms with E-state index in [0.29, 0.717) is 0 Å². The lowest BCUT2D eigenvalue weighted by atomic mass is 10.5. The maximum Gasteiger partial charge on any atom is 0.373 e. The minimum atomic E-state index is -1.15. The number of carboxylic acids is 1. The zero-order chi connectivity index (χ0) is 8.27. The first-order valence-corrected chi connectivity index (χ1v) is 3.03. The molecule has 1 aromatic heterocycles. The monoisotopic (exact) mass is 157 g/mol. The average Bonchev–Trinajstić information content (AvgIpc) is 2.37. The predicted octanol–water partition coefficient (Wildman–Crippen LogP) is -0.0924. The molecule has 0 saturated heterocycles. The Hall–Kier alpha value is -1.36. The third-order valence-electron chi connectivity index (χ3n) is 1.09. The Kier molecular flexibility index (Phi) is 2.22. The summed E-state index contributed by atoms with van der Waals surface area (Å²) in [7, 11) is 0. The van der Waals surface area contributed by atoms with E-state index in [2.05, 4.69) is 4.98 Å². The van der Waals surface area contributed by atoms with Crippen LogP contribution in [0.4, 0.5) is 0 Å². The molecule has 0 fully saturated rings. The summed E-state index contributed by atoms with van der Waals surface area (Å²) in [6.07, 6.45) is 1.36. The van der Waals surface area contributed by atoms with Gasteiger partial charge in [0.15, 0.2) is 5.89 Å². The zero-order valence-electron chi connectivity index (χ0n) is 5.65. The van der Waals surface area contributed by atoms with Gasteiger partial charge in [0, 0.05) is 6.42 Å². The molecule has 1 rings (SSSR count). The van der Waals surface area contributed by atoms with E-state index in [-0.39, 0.29) is 24.7 Å². The van der Waals surface area contributed by atoms with Crippen molar-refractivity contribution in [1.82, 2.24) is 4.98 Å². The normalized spacial score (nSPS) is 9.91. The molecule has 0 aliphatic rings. The summed E-state index contributed by atoms with van der Waals surface area (Å²) in [4.78, 5) is 13.8. The first-order chi connectivity index (χ1) is 5.24. The average molecular weight is 157 g/mol. The van der Waals surface area contributed by atoms with Crippen LogP contribution in [-0.4, -0.2) is 27.8 Å². The Balaban J connectivity index is 2.73. The van der Waals surface area contributed by atoms with Crippen molar-refractivity contribution in [3.63, 3.8) is 0 Å². The molecule has 0 aliphatic carbocycles. The van der Waals surface area contributed by atoms with Crippen LogP contribution in [0.5, 0.6) is 0 Å². The lowest BCUT2D eigenvalue weighted by Gasteiger charge is -1.86. The zero-order valence-corrected chi connectivity index (χ0v) is 5.65. The second-order valence-electron chi connectivity index (χ2n) is 1.90. The Bertz CT molecular complexity index is 255. The molecule has 1 heterocycles. The second kappa shape index (κ2) is 3.16. The number of rotatable bonds is 3. The molecule has 0 unspecified atom stereocenters. The molecule has 0 aromatic carbocycles. The lowest BCUT2D eigenvalue weighted by Crippen LogP contribution is -1.92. The van der Waals surface area contributed by atoms with Gasteiger partial charge in [0.1, 0.15) is 0 Å². The molecule has 5 heteroatoms. The van der Waals surface area contributed by atoms with Crippen LogP contribution in [0.15, 0.2) is 10.6 Å². The van der Waals surface area contributed by atoms with Gasteiger partial charge < -0.3 is 14.6 Å². The first-order valence-electron chi connectivity index (χ1n) is 3.03. The van der Waals surface area contributed by atoms with Gasteiger partial charge in [0.25, 0.3) is 0 Å². The number of aromatic nitrogens is 1. The predicted molar refractivity (Wildman–Crippen MR) is 34.3 cm³/mol. The van der Waals surface area contributed by atoms with Crippen LogP contribution >= 0.6 is 0 Å². The molecule has 0 radical (unpaired) electrons. The summed E-state index contributed by atoms with van der Waals surface area (Å²) in [5.41, 5.74) is 0. The van der Waals surface area contributed by atoms with Gasteiger partial charge in [-0.25, -0.2) is 9.78 Å². The SMILES string of the molecule is O=C(O)c1cnc(CCO)o1. The number of carbonyl (C=O) groups is 1. The molecule has 0 atom stereocenters. The standard InChI is InChI=1S/C6H7NO4/c8-2-1-5-7-3-4(11-5)6(9)10/h3,8H,1-2H2,(H,9,10). The largest absolute Gasteiger partial charge is 0.475 e. The first kappa shape index (κ1) is 7.74. The Morgan fingerprint density at radius 2 is 2.45 bits per heavy atom. The van der Waals surface area contributed by atoms with Crippen LogP contribution < -0.4 is 0 Å². The molecular formula is C6H7NO4. The number of aliphatic hydroxyl groups excluding tert-OH is 1. The number of aromatic carboxylic acids is 1. The fourth-order valence-electron chi connectivity index (χ4n) is 0.620. The summed E-state index contributed by atoms with van der Waals surface area (Å²) < 4.78 is 4.71. The number of aliphatic hydroxyl groups is 1. The van der Waals surface area contributed by atoms with Crippen LogP contribution in [0.3, 0.4) is 0 Å². The number of hydrogen-bond donors (Lipinski definition) is 2. The van der Waals surface area contributed by atoms with Crippen molar-refractivity contribution in [1.29, 1.82) is 0 Å². The van der Waals surface area contributed by atoms with E-state index in [9.17, 15) is 4.79 Å². The van der Waals surface area contributed by atoms with Crippen LogP contribution in [-0.2, 0) is 6.42 Å². The number of nitrogens with zero attached hydrogens (tertiary/aromatic N) is 1. The Morgan fingerprint density at radius 1 is 1.73 bits per heavy atom. The molecule has 1 aromatic rings. The van der Waals surface area contributed by atoms with Gasteiger partial charge >= 0.3 is 5.97 Å². The van der Waals surface area contributed by atoms with Crippen molar-refractivity contribution < 1.29 is 19.4 Å². The van der Waals surface area contributed by atoms with Crippen LogP contribution in [0, 0.1) is 0 Å². The van der Waals surface area contributed by atoms with Crippen molar-refractivity contribution >= 4 is 5.97 Å². The van der Waals surface area contributed by atoms with E-state index >= 15 is 0 Å². The quantitative estimate of drug-likeness (QED) is 0.640. The van der Waals surface area contributed by atoms with Crippen molar-refractivity contribution in [2.45, 2.75) is 6.42 Å². The van der Waals surface area contributed by atoms with E-state index in [0.717, 1.165) is 6.20 Å². The molecule has 0 saturated carbocycles. The minimum absolute atomic E-state index is 0.0976. The molecule has 0 amide bonds. The molecule has 0 bridgehead atoms. The van der Waals surface area contributed by atoms with Gasteiger partial charge in [-0.05, 0) is 0 Å². The van der Waals surface area contributed by atoms with E-state index in [1.165, 1.54) is 0 Å². The van der Waals surface area contributed by atoms with E-state index in [1.807, 2.05) is 0 Å². The highest BCUT2D eigenvalue weighted by atomic mass is 16.4. The van der Waals surface area contributed by atoms with Crippen molar-refractivity contribution in [2.75, 3.05) is 6.61 Å². The minimum Gasteiger partial charge on any atom is -0.475 e. The van der Waals surface area contributed by atoms with Crippen LogP contribution in [0.2, 0.25) is 0 Å². The van der Waals surface area contributed by atoms with Gasteiger partial charge in [-0.3, -0.25) is 0 Å². The van der Waals surface area contributed by atoms with Gasteiger partial charge in [0.05, 0.1) is 12.8 Å². The maximum atomic E-state index is 10.2. The third kappa shape index (κ3) is 1.78. The molecule has 11 heavy (non-hydrogen) atoms. The molecule has 60 valence electrons. The summed E-state index contributed by atoms with van der Waals surface area (Å²) in [5.74, 6) is -1.11. The van der Waals surface area contributed by atoms with Gasteiger partial charge in [-0.15, -0.1) is 0 Å². The topological polar surface area (TPSA) is 83.6 Å². The van der Waals surface area contributed by atoms with Gasteiger partial charge in [-0.2, -0.15) is 0 Å². The summed E-state index contributed by atoms with van der Waals surface area (Å²) in [5, 5.41) is 16.8. The van der Waals surface area contributed by atoms with Crippen molar-refractivity contribution in [3.05, 3.63) is 17.8 Å². The Morgan fingerprint density at radius 3 is 2.91 bits per heavy atom. The van der Waals surface area contributed by atoms with E-state index < -0.39 is 5.97 Å². The summed E-state index contributed by atoms with van der Waals surface area (Å²) >= 11 is 0. The van der Waals surface area contributed by atoms with Gasteiger partial charge in [0.2, 0.25) is 5.76 Å². The van der Waals surface area contributed by atoms with Crippen molar-refractivity contribution in [2.24, 2.45) is 0 Å². The van der Waals surface area contributed by atoms with Crippen LogP contribution in [0.1, 0.15) is 16.4 Å².